The van der Waals surface area contributed by atoms with Gasteiger partial charge in [0.15, 0.2) is 0 Å². The van der Waals surface area contributed by atoms with Gasteiger partial charge in [-0.3, -0.25) is 9.78 Å². The molecule has 2 heterocycles. The van der Waals surface area contributed by atoms with Crippen LogP contribution >= 0.6 is 23.4 Å². The molecule has 2 aromatic carbocycles. The lowest BCUT2D eigenvalue weighted by Crippen LogP contribution is -2.20. The fourth-order valence-electron chi connectivity index (χ4n) is 3.33. The summed E-state index contributed by atoms with van der Waals surface area (Å²) in [4.78, 5) is 35.0. The summed E-state index contributed by atoms with van der Waals surface area (Å²) in [6.07, 6.45) is 3.11. The Labute approximate surface area is 199 Å². The van der Waals surface area contributed by atoms with Crippen LogP contribution < -0.4 is 5.73 Å². The molecule has 3 aromatic rings. The highest BCUT2D eigenvalue weighted by molar-refractivity contribution is 7.99. The Morgan fingerprint density at radius 2 is 1.94 bits per heavy atom. The molecular weight excluding hydrogens is 465 g/mol. The summed E-state index contributed by atoms with van der Waals surface area (Å²) in [5.41, 5.74) is 6.92. The molecular formula is C24H19ClFN3O3S. The quantitative estimate of drug-likeness (QED) is 0.286. The Kier molecular flexibility index (Phi) is 6.76. The van der Waals surface area contributed by atoms with Crippen LogP contribution in [0.3, 0.4) is 0 Å². The highest BCUT2D eigenvalue weighted by Gasteiger charge is 2.27. The summed E-state index contributed by atoms with van der Waals surface area (Å²) in [6.45, 7) is 2.34. The Morgan fingerprint density at radius 1 is 1.15 bits per heavy atom. The summed E-state index contributed by atoms with van der Waals surface area (Å²) in [5.74, 6) is -2.13. The molecule has 0 spiro atoms. The van der Waals surface area contributed by atoms with Crippen LogP contribution in [0.15, 0.2) is 63.4 Å². The molecule has 1 aromatic heterocycles. The molecule has 33 heavy (non-hydrogen) atoms. The molecule has 168 valence electrons. The van der Waals surface area contributed by atoms with Crippen LogP contribution in [0.5, 0.6) is 0 Å². The number of ether oxygens (including phenoxy) is 1. The minimum atomic E-state index is -0.919. The summed E-state index contributed by atoms with van der Waals surface area (Å²) in [5, 5.41) is 0.412. The van der Waals surface area contributed by atoms with Crippen molar-refractivity contribution in [3.63, 3.8) is 0 Å². The number of rotatable bonds is 6. The smallest absolute Gasteiger partial charge is 0.338 e. The van der Waals surface area contributed by atoms with Gasteiger partial charge in [0.25, 0.3) is 5.91 Å². The number of pyridine rings is 1. The Balaban J connectivity index is 1.90. The minimum absolute atomic E-state index is 0.241. The van der Waals surface area contributed by atoms with Gasteiger partial charge in [-0.15, -0.1) is 0 Å². The van der Waals surface area contributed by atoms with E-state index in [2.05, 4.69) is 4.98 Å². The Hall–Kier alpha value is -3.23. The lowest BCUT2D eigenvalue weighted by atomic mass is 9.98. The Bertz CT molecular complexity index is 1280. The van der Waals surface area contributed by atoms with Gasteiger partial charge in [-0.05, 0) is 48.9 Å². The van der Waals surface area contributed by atoms with Crippen molar-refractivity contribution in [1.82, 2.24) is 4.98 Å². The summed E-state index contributed by atoms with van der Waals surface area (Å²) in [7, 11) is 0. The number of carbonyl (C=O) groups excluding carboxylic acids is 2. The minimum Gasteiger partial charge on any atom is -0.462 e. The zero-order valence-corrected chi connectivity index (χ0v) is 19.2. The SMILES string of the molecule is CCCCOC(=O)c1ccc2c(c1)N=C(c1ccc(Cl)cn1)c1c(ccc(F)c1C(N)=O)S2. The predicted octanol–water partition coefficient (Wildman–Crippen LogP) is 5.56. The first-order chi connectivity index (χ1) is 15.9. The molecule has 0 saturated carbocycles. The molecule has 1 aliphatic heterocycles. The number of nitrogens with two attached hydrogens (primary N) is 1. The van der Waals surface area contributed by atoms with Gasteiger partial charge in [0, 0.05) is 21.6 Å². The molecule has 9 heteroatoms. The first-order valence-corrected chi connectivity index (χ1v) is 11.4. The molecule has 1 aliphatic rings. The third kappa shape index (κ3) is 4.77. The van der Waals surface area contributed by atoms with E-state index in [0.717, 1.165) is 12.8 Å². The van der Waals surface area contributed by atoms with Gasteiger partial charge >= 0.3 is 5.97 Å². The fourth-order valence-corrected chi connectivity index (χ4v) is 4.46. The number of benzene rings is 2. The number of aromatic nitrogens is 1. The van der Waals surface area contributed by atoms with Gasteiger partial charge in [-0.25, -0.2) is 14.2 Å². The molecule has 1 amide bonds. The van der Waals surface area contributed by atoms with E-state index in [9.17, 15) is 14.0 Å². The van der Waals surface area contributed by atoms with Crippen LogP contribution in [0.4, 0.5) is 10.1 Å². The van der Waals surface area contributed by atoms with Gasteiger partial charge < -0.3 is 10.5 Å². The molecule has 0 aliphatic carbocycles. The van der Waals surface area contributed by atoms with Crippen LogP contribution in [0.1, 0.15) is 51.7 Å². The molecule has 0 atom stereocenters. The summed E-state index contributed by atoms with van der Waals surface area (Å²) in [6, 6.07) is 11.0. The molecule has 4 rings (SSSR count). The molecule has 0 bridgehead atoms. The highest BCUT2D eigenvalue weighted by atomic mass is 35.5. The summed E-state index contributed by atoms with van der Waals surface area (Å²) < 4.78 is 20.0. The van der Waals surface area contributed by atoms with Crippen LogP contribution in [-0.2, 0) is 4.74 Å². The van der Waals surface area contributed by atoms with Crippen LogP contribution in [0.25, 0.3) is 0 Å². The van der Waals surface area contributed by atoms with E-state index in [1.54, 1.807) is 36.4 Å². The van der Waals surface area contributed by atoms with E-state index in [4.69, 9.17) is 27.1 Å². The zero-order chi connectivity index (χ0) is 23.5. The maximum absolute atomic E-state index is 14.7. The van der Waals surface area contributed by atoms with E-state index in [-0.39, 0.29) is 16.8 Å². The van der Waals surface area contributed by atoms with Gasteiger partial charge in [-0.2, -0.15) is 0 Å². The van der Waals surface area contributed by atoms with E-state index in [0.29, 0.717) is 38.4 Å². The lowest BCUT2D eigenvalue weighted by molar-refractivity contribution is 0.0499. The third-order valence-corrected chi connectivity index (χ3v) is 6.30. The zero-order valence-electron chi connectivity index (χ0n) is 17.6. The average Bonchev–Trinajstić information content (AvgIpc) is 2.95. The molecule has 6 nitrogen and oxygen atoms in total. The number of halogens is 2. The number of hydrogen-bond acceptors (Lipinski definition) is 6. The second kappa shape index (κ2) is 9.72. The second-order valence-electron chi connectivity index (χ2n) is 7.26. The van der Waals surface area contributed by atoms with Gasteiger partial charge in [0.05, 0.1) is 39.8 Å². The normalized spacial score (nSPS) is 12.3. The molecule has 0 fully saturated rings. The number of aliphatic imine (C=N–C) groups is 1. The molecule has 2 N–H and O–H groups in total. The number of amides is 1. The number of primary amides is 1. The number of unbranched alkanes of at least 4 members (excludes halogenated alkanes) is 1. The predicted molar refractivity (Wildman–Crippen MR) is 125 cm³/mol. The van der Waals surface area contributed by atoms with Gasteiger partial charge in [-0.1, -0.05) is 36.7 Å². The number of nitrogens with zero attached hydrogens (tertiary/aromatic N) is 2. The second-order valence-corrected chi connectivity index (χ2v) is 8.78. The van der Waals surface area contributed by atoms with Crippen molar-refractivity contribution in [2.75, 3.05) is 6.61 Å². The largest absolute Gasteiger partial charge is 0.462 e. The van der Waals surface area contributed by atoms with E-state index < -0.39 is 17.7 Å². The van der Waals surface area contributed by atoms with Crippen molar-refractivity contribution in [2.24, 2.45) is 10.7 Å². The average molecular weight is 484 g/mol. The maximum atomic E-state index is 14.7. The monoisotopic (exact) mass is 483 g/mol. The van der Waals surface area contributed by atoms with E-state index >= 15 is 0 Å². The summed E-state index contributed by atoms with van der Waals surface area (Å²) >= 11 is 7.28. The van der Waals surface area contributed by atoms with Crippen molar-refractivity contribution in [1.29, 1.82) is 0 Å². The Morgan fingerprint density at radius 3 is 2.64 bits per heavy atom. The van der Waals surface area contributed by atoms with Crippen LogP contribution in [-0.4, -0.2) is 29.2 Å². The topological polar surface area (TPSA) is 94.6 Å². The third-order valence-electron chi connectivity index (χ3n) is 4.95. The number of esters is 1. The first kappa shape index (κ1) is 22.9. The van der Waals surface area contributed by atoms with E-state index in [1.807, 2.05) is 6.92 Å². The van der Waals surface area contributed by atoms with Crippen LogP contribution in [0.2, 0.25) is 5.02 Å². The lowest BCUT2D eigenvalue weighted by Gasteiger charge is -2.13. The van der Waals surface area contributed by atoms with Gasteiger partial charge in [0.2, 0.25) is 0 Å². The molecule has 0 radical (unpaired) electrons. The van der Waals surface area contributed by atoms with Crippen LogP contribution in [0, 0.1) is 5.82 Å². The van der Waals surface area contributed by atoms with Crippen molar-refractivity contribution in [3.8, 4) is 0 Å². The molecule has 0 saturated heterocycles. The molecule has 0 unspecified atom stereocenters. The number of carbonyl (C=O) groups is 2. The van der Waals surface area contributed by atoms with Crippen molar-refractivity contribution in [3.05, 3.63) is 81.9 Å². The number of hydrogen-bond donors (Lipinski definition) is 1. The standard InChI is InChI=1S/C24H19ClFN3O3S/c1-2-3-10-32-24(31)13-4-8-18-17(11-13)29-22(16-7-5-14(25)12-28-16)21-19(33-18)9-6-15(26)20(21)23(27)30/h4-9,11-12H,2-3,10H2,1H3,(H2,27,30). The first-order valence-electron chi connectivity index (χ1n) is 10.2. The highest BCUT2D eigenvalue weighted by Crippen LogP contribution is 2.43. The van der Waals surface area contributed by atoms with E-state index in [1.165, 1.54) is 24.0 Å². The maximum Gasteiger partial charge on any atom is 0.338 e. The van der Waals surface area contributed by atoms with Gasteiger partial charge in [0.1, 0.15) is 5.82 Å². The fraction of sp³-hybridized carbons (Fsp3) is 0.167. The van der Waals surface area contributed by atoms with Crippen molar-refractivity contribution < 1.29 is 18.7 Å². The number of fused-ring (bicyclic) bond motifs is 2. The van der Waals surface area contributed by atoms with Crippen molar-refractivity contribution in [2.45, 2.75) is 29.6 Å². The van der Waals surface area contributed by atoms with Crippen molar-refractivity contribution >= 4 is 46.6 Å².